The van der Waals surface area contributed by atoms with Crippen molar-refractivity contribution >= 4 is 17.6 Å². The van der Waals surface area contributed by atoms with Crippen LogP contribution in [0.3, 0.4) is 0 Å². The third-order valence-electron chi connectivity index (χ3n) is 6.99. The third-order valence-corrected chi connectivity index (χ3v) is 6.99. The normalized spacial score (nSPS) is 18.8. The average Bonchev–Trinajstić information content (AvgIpc) is 3.45. The maximum Gasteiger partial charge on any atom is 0.270 e. The number of aromatic amines is 1. The van der Waals surface area contributed by atoms with Gasteiger partial charge in [0.15, 0.2) is 0 Å². The van der Waals surface area contributed by atoms with Crippen molar-refractivity contribution in [3.05, 3.63) is 47.4 Å². The van der Waals surface area contributed by atoms with Crippen LogP contribution >= 0.6 is 0 Å². The van der Waals surface area contributed by atoms with Gasteiger partial charge < -0.3 is 10.6 Å². The van der Waals surface area contributed by atoms with Gasteiger partial charge in [-0.25, -0.2) is 4.98 Å². The lowest BCUT2D eigenvalue weighted by molar-refractivity contribution is -0.119. The lowest BCUT2D eigenvalue weighted by Crippen LogP contribution is -2.49. The lowest BCUT2D eigenvalue weighted by atomic mass is 9.79. The Morgan fingerprint density at radius 2 is 1.86 bits per heavy atom. The summed E-state index contributed by atoms with van der Waals surface area (Å²) in [6.07, 6.45) is 5.19. The molecule has 0 aromatic carbocycles. The molecule has 3 heterocycles. The number of rotatable bonds is 7. The average molecular weight is 496 g/mol. The molecule has 1 aliphatic rings. The monoisotopic (exact) mass is 495 g/mol. The molecule has 1 aliphatic carbocycles. The summed E-state index contributed by atoms with van der Waals surface area (Å²) in [4.78, 5) is 30.6. The first-order valence-corrected chi connectivity index (χ1v) is 12.5. The number of hydrogen-bond acceptors (Lipinski definition) is 5. The van der Waals surface area contributed by atoms with Gasteiger partial charge in [-0.1, -0.05) is 19.8 Å². The van der Waals surface area contributed by atoms with Crippen LogP contribution in [0.2, 0.25) is 0 Å². The van der Waals surface area contributed by atoms with Crippen LogP contribution in [0.4, 0.5) is 10.2 Å². The van der Waals surface area contributed by atoms with Gasteiger partial charge in [-0.15, -0.1) is 0 Å². The molecule has 1 fully saturated rings. The number of nitrogens with one attached hydrogen (secondary N) is 3. The Balaban J connectivity index is 1.55. The zero-order valence-electron chi connectivity index (χ0n) is 21.4. The lowest BCUT2D eigenvalue weighted by Gasteiger charge is -2.32. The van der Waals surface area contributed by atoms with Gasteiger partial charge in [-0.3, -0.25) is 19.4 Å². The molecule has 4 rings (SSSR count). The van der Waals surface area contributed by atoms with Crippen LogP contribution in [0.5, 0.6) is 0 Å². The summed E-state index contributed by atoms with van der Waals surface area (Å²) in [6.45, 7) is 9.67. The number of carbonyl (C=O) groups excluding carboxylic acids is 2. The van der Waals surface area contributed by atoms with E-state index >= 15 is 0 Å². The summed E-state index contributed by atoms with van der Waals surface area (Å²) in [5, 5.41) is 16.9. The van der Waals surface area contributed by atoms with E-state index in [-0.39, 0.29) is 23.7 Å². The SMILES string of the molecule is Cc1n[nH]c(C)c1-c1ccc(NC(=O)[C@@H](NC(=O)c2ccnn2C(C)C)[C@H]2CC[C@H](C)CC2)nc1F. The highest BCUT2D eigenvalue weighted by atomic mass is 19.1. The Bertz CT molecular complexity index is 1220. The van der Waals surface area contributed by atoms with Crippen molar-refractivity contribution in [1.82, 2.24) is 30.3 Å². The van der Waals surface area contributed by atoms with Crippen LogP contribution < -0.4 is 10.6 Å². The number of hydrogen-bond donors (Lipinski definition) is 3. The zero-order chi connectivity index (χ0) is 26.0. The molecule has 2 amide bonds. The molecule has 1 atom stereocenters. The predicted molar refractivity (Wildman–Crippen MR) is 135 cm³/mol. The molecule has 0 spiro atoms. The number of amides is 2. The highest BCUT2D eigenvalue weighted by Crippen LogP contribution is 2.32. The first-order chi connectivity index (χ1) is 17.2. The summed E-state index contributed by atoms with van der Waals surface area (Å²) in [5.41, 5.74) is 2.76. The molecule has 0 aliphatic heterocycles. The highest BCUT2D eigenvalue weighted by molar-refractivity contribution is 6.00. The van der Waals surface area contributed by atoms with Gasteiger partial charge in [0.2, 0.25) is 11.9 Å². The topological polar surface area (TPSA) is 118 Å². The number of carbonyl (C=O) groups is 2. The van der Waals surface area contributed by atoms with E-state index in [1.807, 2.05) is 20.8 Å². The number of halogens is 1. The molecule has 0 radical (unpaired) electrons. The fraction of sp³-hybridized carbons (Fsp3) is 0.500. The molecule has 10 heteroatoms. The summed E-state index contributed by atoms with van der Waals surface area (Å²) in [5.74, 6) is -0.819. The van der Waals surface area contributed by atoms with Crippen LogP contribution in [0.25, 0.3) is 11.1 Å². The Morgan fingerprint density at radius 3 is 2.47 bits per heavy atom. The van der Waals surface area contributed by atoms with Gasteiger partial charge in [0.05, 0.1) is 5.69 Å². The van der Waals surface area contributed by atoms with Crippen molar-refractivity contribution in [1.29, 1.82) is 0 Å². The quantitative estimate of drug-likeness (QED) is 0.415. The van der Waals surface area contributed by atoms with Crippen molar-refractivity contribution in [2.24, 2.45) is 11.8 Å². The van der Waals surface area contributed by atoms with Gasteiger partial charge in [0.25, 0.3) is 5.91 Å². The van der Waals surface area contributed by atoms with Gasteiger partial charge in [-0.05, 0) is 70.6 Å². The summed E-state index contributed by atoms with van der Waals surface area (Å²) < 4.78 is 16.6. The first kappa shape index (κ1) is 25.5. The number of nitrogens with zero attached hydrogens (tertiary/aromatic N) is 4. The fourth-order valence-electron chi connectivity index (χ4n) is 4.98. The molecule has 0 bridgehead atoms. The smallest absolute Gasteiger partial charge is 0.270 e. The number of pyridine rings is 1. The van der Waals surface area contributed by atoms with Crippen LogP contribution in [-0.4, -0.2) is 42.8 Å². The molecule has 3 aromatic rings. The number of H-pyrrole nitrogens is 1. The Hall–Kier alpha value is -3.56. The van der Waals surface area contributed by atoms with Crippen molar-refractivity contribution in [2.75, 3.05) is 5.32 Å². The number of aryl methyl sites for hydroxylation is 2. The largest absolute Gasteiger partial charge is 0.339 e. The Morgan fingerprint density at radius 1 is 1.14 bits per heavy atom. The third kappa shape index (κ3) is 5.32. The summed E-state index contributed by atoms with van der Waals surface area (Å²) >= 11 is 0. The van der Waals surface area contributed by atoms with E-state index in [2.05, 4.69) is 37.8 Å². The zero-order valence-corrected chi connectivity index (χ0v) is 21.4. The van der Waals surface area contributed by atoms with E-state index in [0.717, 1.165) is 31.4 Å². The molecule has 9 nitrogen and oxygen atoms in total. The second-order valence-electron chi connectivity index (χ2n) is 10.1. The van der Waals surface area contributed by atoms with Crippen LogP contribution in [0, 0.1) is 31.6 Å². The molecule has 0 unspecified atom stereocenters. The van der Waals surface area contributed by atoms with E-state index in [1.54, 1.807) is 36.0 Å². The van der Waals surface area contributed by atoms with Crippen molar-refractivity contribution in [2.45, 2.75) is 72.4 Å². The van der Waals surface area contributed by atoms with E-state index in [1.165, 1.54) is 0 Å². The maximum atomic E-state index is 15.0. The minimum Gasteiger partial charge on any atom is -0.339 e. The van der Waals surface area contributed by atoms with E-state index in [4.69, 9.17) is 0 Å². The van der Waals surface area contributed by atoms with E-state index in [9.17, 15) is 14.0 Å². The molecule has 3 aromatic heterocycles. The molecule has 3 N–H and O–H groups in total. The van der Waals surface area contributed by atoms with Crippen LogP contribution in [0.1, 0.15) is 74.4 Å². The minimum absolute atomic E-state index is 0.00301. The van der Waals surface area contributed by atoms with E-state index in [0.29, 0.717) is 28.4 Å². The summed E-state index contributed by atoms with van der Waals surface area (Å²) in [6, 6.07) is 4.01. The second-order valence-corrected chi connectivity index (χ2v) is 10.1. The Kier molecular flexibility index (Phi) is 7.51. The molecule has 0 saturated heterocycles. The van der Waals surface area contributed by atoms with Crippen molar-refractivity contribution in [3.8, 4) is 11.1 Å². The number of aromatic nitrogens is 5. The molecular weight excluding hydrogens is 461 g/mol. The van der Waals surface area contributed by atoms with Crippen LogP contribution in [0.15, 0.2) is 24.4 Å². The van der Waals surface area contributed by atoms with Gasteiger partial charge in [-0.2, -0.15) is 14.6 Å². The van der Waals surface area contributed by atoms with Gasteiger partial charge in [0.1, 0.15) is 17.6 Å². The van der Waals surface area contributed by atoms with Crippen LogP contribution in [-0.2, 0) is 4.79 Å². The van der Waals surface area contributed by atoms with Gasteiger partial charge in [0, 0.05) is 29.1 Å². The minimum atomic E-state index is -0.775. The van der Waals surface area contributed by atoms with Crippen molar-refractivity contribution < 1.29 is 14.0 Å². The van der Waals surface area contributed by atoms with Crippen molar-refractivity contribution in [3.63, 3.8) is 0 Å². The Labute approximate surface area is 210 Å². The molecule has 36 heavy (non-hydrogen) atoms. The highest BCUT2D eigenvalue weighted by Gasteiger charge is 2.33. The molecular formula is C26H34FN7O2. The van der Waals surface area contributed by atoms with Gasteiger partial charge >= 0.3 is 0 Å². The second kappa shape index (κ2) is 10.6. The maximum absolute atomic E-state index is 15.0. The first-order valence-electron chi connectivity index (χ1n) is 12.5. The fourth-order valence-corrected chi connectivity index (χ4v) is 4.98. The van der Waals surface area contributed by atoms with E-state index < -0.39 is 17.9 Å². The number of anilines is 1. The predicted octanol–water partition coefficient (Wildman–Crippen LogP) is 4.57. The summed E-state index contributed by atoms with van der Waals surface area (Å²) in [7, 11) is 0. The molecule has 1 saturated carbocycles. The standard InChI is InChI=1S/C26H34FN7O2/c1-14(2)34-20(12-13-28-34)25(35)31-23(18-8-6-15(3)7-9-18)26(36)30-21-11-10-19(24(27)29-21)22-16(4)32-33-17(22)5/h10-15,18,23H,6-9H2,1-5H3,(H,31,35)(H,32,33)(H,29,30,36)/t15-,18-,23-/m0/s1. The molecule has 192 valence electrons.